The van der Waals surface area contributed by atoms with Crippen LogP contribution in [0.3, 0.4) is 0 Å². The molecule has 29 N–H and O–H groups in total. The molecule has 4 aromatic heterocycles. The summed E-state index contributed by atoms with van der Waals surface area (Å²) < 4.78 is 28.8. The Morgan fingerprint density at radius 3 is 2.13 bits per heavy atom. The fraction of sp³-hybridized carbons (Fsp3) is 0.607. The number of hydrogen-bond donors (Lipinski definition) is 22. The zero-order chi connectivity index (χ0) is 72.7. The third-order valence-electron chi connectivity index (χ3n) is 16.2. The summed E-state index contributed by atoms with van der Waals surface area (Å²) in [6, 6.07) is -7.57. The topological polar surface area (TPSA) is 691 Å². The Hall–Kier alpha value is -8.38. The number of amides is 8. The van der Waals surface area contributed by atoms with Gasteiger partial charge in [0.2, 0.25) is 29.5 Å². The number of nitrogen functional groups attached to an aromatic ring is 1. The molecule has 1 aliphatic carbocycles. The smallest absolute Gasteiger partial charge is 0.404 e. The first-order valence-electron chi connectivity index (χ1n) is 30.9. The van der Waals surface area contributed by atoms with Gasteiger partial charge in [0.15, 0.2) is 24.6 Å². The molecule has 1 saturated carbocycles. The number of aromatic nitrogens is 6. The molecular formula is C56H84N20O21S2. The van der Waals surface area contributed by atoms with Gasteiger partial charge in [-0.2, -0.15) is 0 Å². The van der Waals surface area contributed by atoms with E-state index in [1.165, 1.54) is 43.4 Å². The molecule has 43 heteroatoms. The highest BCUT2D eigenvalue weighted by atomic mass is 32.1. The van der Waals surface area contributed by atoms with E-state index in [1.807, 2.05) is 0 Å². The molecule has 8 amide bonds. The molecular weight excluding hydrogens is 1350 g/mol. The predicted octanol–water partition coefficient (Wildman–Crippen LogP) is -8.92. The molecule has 3 fully saturated rings. The monoisotopic (exact) mass is 1440 g/mol. The summed E-state index contributed by atoms with van der Waals surface area (Å²) in [5.74, 6) is -9.26. The number of aromatic amines is 1. The van der Waals surface area contributed by atoms with E-state index in [0.717, 1.165) is 12.5 Å². The van der Waals surface area contributed by atoms with Gasteiger partial charge in [0.1, 0.15) is 94.6 Å². The Bertz CT molecular complexity index is 3460. The lowest BCUT2D eigenvalue weighted by atomic mass is 9.96. The van der Waals surface area contributed by atoms with Gasteiger partial charge in [0, 0.05) is 61.3 Å². The van der Waals surface area contributed by atoms with E-state index in [1.54, 1.807) is 10.8 Å². The maximum Gasteiger partial charge on any atom is 0.404 e. The summed E-state index contributed by atoms with van der Waals surface area (Å²) in [4.78, 5) is 135. The highest BCUT2D eigenvalue weighted by Gasteiger charge is 2.54. The van der Waals surface area contributed by atoms with Crippen molar-refractivity contribution in [1.29, 1.82) is 0 Å². The van der Waals surface area contributed by atoms with Crippen LogP contribution in [0.2, 0.25) is 0 Å². The number of thiazole rings is 2. The van der Waals surface area contributed by atoms with Gasteiger partial charge in [-0.15, -0.1) is 22.7 Å². The van der Waals surface area contributed by atoms with E-state index in [-0.39, 0.29) is 66.4 Å². The first-order valence-corrected chi connectivity index (χ1v) is 32.7. The minimum Gasteiger partial charge on any atom is -0.441 e. The first-order chi connectivity index (χ1) is 46.9. The molecule has 20 unspecified atom stereocenters. The van der Waals surface area contributed by atoms with E-state index in [4.69, 9.17) is 63.8 Å². The largest absolute Gasteiger partial charge is 0.441 e. The third kappa shape index (κ3) is 20.6. The van der Waals surface area contributed by atoms with Crippen molar-refractivity contribution in [2.75, 3.05) is 45.1 Å². The van der Waals surface area contributed by atoms with E-state index in [9.17, 15) is 74.4 Å². The highest BCUT2D eigenvalue weighted by molar-refractivity contribution is 7.14. The molecule has 41 nitrogen and oxygen atoms in total. The molecule has 546 valence electrons. The number of nitrogens with zero attached hydrogens (tertiary/aromatic N) is 6. The molecule has 2 saturated heterocycles. The highest BCUT2D eigenvalue weighted by Crippen LogP contribution is 2.36. The molecule has 99 heavy (non-hydrogen) atoms. The second kappa shape index (κ2) is 35.6. The van der Waals surface area contributed by atoms with E-state index in [0.29, 0.717) is 41.6 Å². The zero-order valence-electron chi connectivity index (χ0n) is 53.6. The molecule has 0 radical (unpaired) electrons. The van der Waals surface area contributed by atoms with Crippen molar-refractivity contribution in [3.05, 3.63) is 56.8 Å². The summed E-state index contributed by atoms with van der Waals surface area (Å²) in [7, 11) is 0. The van der Waals surface area contributed by atoms with Gasteiger partial charge >= 0.3 is 6.09 Å². The van der Waals surface area contributed by atoms with Crippen LogP contribution in [0, 0.1) is 18.8 Å². The molecule has 20 atom stereocenters. The minimum absolute atomic E-state index is 0.0148. The van der Waals surface area contributed by atoms with Gasteiger partial charge < -0.3 is 142 Å². The van der Waals surface area contributed by atoms with E-state index in [2.05, 4.69) is 66.8 Å². The number of anilines is 1. The van der Waals surface area contributed by atoms with Crippen molar-refractivity contribution in [3.63, 3.8) is 0 Å². The molecule has 3 aliphatic rings. The molecule has 0 bridgehead atoms. The maximum absolute atomic E-state index is 15.2. The quantitative estimate of drug-likeness (QED) is 0.0114. The van der Waals surface area contributed by atoms with Crippen LogP contribution < -0.4 is 72.0 Å². The normalized spacial score (nSPS) is 25.2. The van der Waals surface area contributed by atoms with Crippen molar-refractivity contribution >= 4 is 81.9 Å². The fourth-order valence-electron chi connectivity index (χ4n) is 10.4. The molecule has 0 spiro atoms. The number of guanidine groups is 1. The number of H-pyrrole nitrogens is 1. The molecule has 6 heterocycles. The lowest BCUT2D eigenvalue weighted by molar-refractivity contribution is -0.372. The van der Waals surface area contributed by atoms with Crippen LogP contribution >= 0.6 is 22.7 Å². The summed E-state index contributed by atoms with van der Waals surface area (Å²) >= 11 is 2.49. The SMILES string of the molecule is Cc1c(N)nc(C(CC(N)=O)NCC(N)C(N)=O)nc1C(=O)NC(C(=O)NC(C)C(O)C(C)C(=O)NC(C(=O)NCCc1nc(-c2nc(C(=O)NCCCCN=C(N)N)cs2)cs1)C1CC1O)C(OC1OC(CO)C(O)C(O)C1OC1OC(CO)C(O)C(OC(N)=O)C1O)c1cnc[nH]1. The Morgan fingerprint density at radius 2 is 1.49 bits per heavy atom. The molecule has 2 aliphatic heterocycles. The maximum atomic E-state index is 15.2. The van der Waals surface area contributed by atoms with Crippen LogP contribution in [0.4, 0.5) is 10.6 Å². The zero-order valence-corrected chi connectivity index (χ0v) is 55.2. The second-order valence-electron chi connectivity index (χ2n) is 23.5. The van der Waals surface area contributed by atoms with Crippen molar-refractivity contribution in [3.8, 4) is 10.7 Å². The number of aliphatic hydroxyl groups excluding tert-OH is 8. The first kappa shape index (κ1) is 78.0. The van der Waals surface area contributed by atoms with Gasteiger partial charge in [-0.25, -0.2) is 29.7 Å². The summed E-state index contributed by atoms with van der Waals surface area (Å²) in [6.07, 6.45) is -23.1. The number of aliphatic imine (C=N–C) groups is 1. The van der Waals surface area contributed by atoms with Crippen LogP contribution in [0.25, 0.3) is 10.7 Å². The molecule has 4 aromatic rings. The Morgan fingerprint density at radius 1 is 0.798 bits per heavy atom. The molecule has 0 aromatic carbocycles. The lowest BCUT2D eigenvalue weighted by Gasteiger charge is -2.47. The number of unbranched alkanes of at least 4 members (excludes halogenated alkanes) is 1. The van der Waals surface area contributed by atoms with Crippen molar-refractivity contribution in [2.24, 2.45) is 51.2 Å². The van der Waals surface area contributed by atoms with Crippen molar-refractivity contribution in [2.45, 2.75) is 163 Å². The number of aliphatic hydroxyl groups is 8. The Kier molecular flexibility index (Phi) is 28.0. The summed E-state index contributed by atoms with van der Waals surface area (Å²) in [6.45, 7) is 2.30. The van der Waals surface area contributed by atoms with Gasteiger partial charge in [0.25, 0.3) is 11.8 Å². The number of primary amides is 3. The second-order valence-corrected chi connectivity index (χ2v) is 25.3. The number of ether oxygens (including phenoxy) is 5. The summed E-state index contributed by atoms with van der Waals surface area (Å²) in [5.41, 5.74) is 38.7. The Balaban J connectivity index is 1.12. The number of carbonyl (C=O) groups is 8. The van der Waals surface area contributed by atoms with Gasteiger partial charge in [-0.3, -0.25) is 38.6 Å². The van der Waals surface area contributed by atoms with Gasteiger partial charge in [-0.1, -0.05) is 6.92 Å². The number of rotatable bonds is 36. The standard InChI is InChI=1S/C56H84N20O21S2/c1-19-33(73-46(76-44(19)59)24(11-31(58)80)68-12-23(57)45(60)86)50(90)75-35(41(25-13-64-18-69-25)95-54-43(39(84)37(82)29(14-77)94-54)96-53-40(85)42(97-56(63)92)38(83)30(15-78)93-53)51(91)70-21(3)36(81)20(2)47(87)74-34(22-10-28(22)79)49(89)66-9-6-32-71-27(17-98-32)52-72-26(16-99-52)48(88)65-7-4-5-8-67-55(61)62/h13,16-18,20-24,28-30,34-43,53-54,68,77-79,81-85H,4-12,14-15,57H2,1-3H3,(H2,58,80)(H2,60,86)(H2,63,92)(H,64,69)(H,65,88)(H,66,89)(H,70,91)(H,74,87)(H,75,90)(H2,59,73,76)(H4,61,62,67). The number of carbonyl (C=O) groups excluding carboxylic acids is 8. The predicted molar refractivity (Wildman–Crippen MR) is 342 cm³/mol. The lowest BCUT2D eigenvalue weighted by Crippen LogP contribution is -2.65. The van der Waals surface area contributed by atoms with Crippen LogP contribution in [0.1, 0.15) is 94.7 Å². The van der Waals surface area contributed by atoms with E-state index < -0.39 is 189 Å². The van der Waals surface area contributed by atoms with E-state index >= 15 is 4.79 Å². The van der Waals surface area contributed by atoms with Crippen LogP contribution in [-0.4, -0.2) is 261 Å². The van der Waals surface area contributed by atoms with Crippen LogP contribution in [0.15, 0.2) is 28.3 Å². The fourth-order valence-corrected chi connectivity index (χ4v) is 12.0. The third-order valence-corrected chi connectivity index (χ3v) is 18.0. The number of nitrogens with one attached hydrogen (secondary N) is 7. The number of imidazole rings is 1. The van der Waals surface area contributed by atoms with Gasteiger partial charge in [-0.05, 0) is 33.1 Å². The minimum atomic E-state index is -2.20. The van der Waals surface area contributed by atoms with Crippen LogP contribution in [-0.2, 0) is 54.1 Å². The summed E-state index contributed by atoms with van der Waals surface area (Å²) in [5, 5.41) is 108. The van der Waals surface area contributed by atoms with Crippen molar-refractivity contribution in [1.82, 2.24) is 61.8 Å². The van der Waals surface area contributed by atoms with Gasteiger partial charge in [0.05, 0.1) is 72.7 Å². The molecule has 7 rings (SSSR count). The average molecular weight is 1440 g/mol. The van der Waals surface area contributed by atoms with Crippen molar-refractivity contribution < 1.29 is 103 Å². The van der Waals surface area contributed by atoms with Crippen LogP contribution in [0.5, 0.6) is 0 Å². The number of hydrogen-bond acceptors (Lipinski definition) is 32. The average Bonchev–Trinajstić information content (AvgIpc) is 1.04. The number of nitrogens with two attached hydrogens (primary N) is 7. The Labute approximate surface area is 571 Å².